The van der Waals surface area contributed by atoms with E-state index in [4.69, 9.17) is 23.2 Å². The van der Waals surface area contributed by atoms with Crippen molar-refractivity contribution in [3.05, 3.63) is 81.4 Å². The Labute approximate surface area is 161 Å². The number of hydrogen-bond acceptors (Lipinski definition) is 3. The van der Waals surface area contributed by atoms with Crippen LogP contribution in [0.3, 0.4) is 0 Å². The fourth-order valence-electron chi connectivity index (χ4n) is 2.67. The van der Waals surface area contributed by atoms with Crippen molar-refractivity contribution in [2.45, 2.75) is 13.8 Å². The number of carbonyl (C=O) groups excluding carboxylic acids is 1. The van der Waals surface area contributed by atoms with E-state index in [1.165, 1.54) is 0 Å². The van der Waals surface area contributed by atoms with Crippen LogP contribution >= 0.6 is 23.2 Å². The average Bonchev–Trinajstić information content (AvgIpc) is 2.92. The van der Waals surface area contributed by atoms with Gasteiger partial charge in [-0.15, -0.1) is 0 Å². The lowest BCUT2D eigenvalue weighted by atomic mass is 10.2. The molecule has 2 aromatic heterocycles. The molecule has 2 heterocycles. The van der Waals surface area contributed by atoms with E-state index < -0.39 is 0 Å². The average molecular weight is 387 g/mol. The minimum absolute atomic E-state index is 0.290. The summed E-state index contributed by atoms with van der Waals surface area (Å²) in [5.74, 6) is -0.290. The Morgan fingerprint density at radius 1 is 1.12 bits per heavy atom. The van der Waals surface area contributed by atoms with Crippen molar-refractivity contribution >= 4 is 35.3 Å². The van der Waals surface area contributed by atoms with Crippen molar-refractivity contribution in [3.63, 3.8) is 0 Å². The van der Waals surface area contributed by atoms with Gasteiger partial charge in [0.2, 0.25) is 0 Å². The lowest BCUT2D eigenvalue weighted by molar-refractivity contribution is 0.0955. The highest BCUT2D eigenvalue weighted by Crippen LogP contribution is 2.27. The van der Waals surface area contributed by atoms with Crippen molar-refractivity contribution in [2.75, 3.05) is 0 Å². The van der Waals surface area contributed by atoms with Crippen LogP contribution < -0.4 is 5.43 Å². The maximum Gasteiger partial charge on any atom is 0.271 e. The highest BCUT2D eigenvalue weighted by Gasteiger charge is 2.11. The molecule has 3 rings (SSSR count). The predicted molar refractivity (Wildman–Crippen MR) is 105 cm³/mol. The molecule has 0 unspecified atom stereocenters. The van der Waals surface area contributed by atoms with Crippen LogP contribution in [-0.4, -0.2) is 21.7 Å². The lowest BCUT2D eigenvalue weighted by Crippen LogP contribution is -2.17. The highest BCUT2D eigenvalue weighted by molar-refractivity contribution is 6.42. The van der Waals surface area contributed by atoms with Crippen LogP contribution in [0.2, 0.25) is 10.0 Å². The summed E-state index contributed by atoms with van der Waals surface area (Å²) in [6.45, 7) is 3.96. The molecule has 0 aliphatic heterocycles. The van der Waals surface area contributed by atoms with Gasteiger partial charge in [-0.3, -0.25) is 9.78 Å². The highest BCUT2D eigenvalue weighted by atomic mass is 35.5. The van der Waals surface area contributed by atoms with Crippen molar-refractivity contribution in [1.82, 2.24) is 15.0 Å². The van der Waals surface area contributed by atoms with Crippen molar-refractivity contribution in [1.29, 1.82) is 0 Å². The first-order valence-electron chi connectivity index (χ1n) is 7.85. The molecule has 3 aromatic rings. The summed E-state index contributed by atoms with van der Waals surface area (Å²) in [7, 11) is 0. The van der Waals surface area contributed by atoms with Crippen LogP contribution in [0.15, 0.2) is 53.9 Å². The quantitative estimate of drug-likeness (QED) is 0.527. The SMILES string of the molecule is Cc1cc(/C=N\NC(=O)c2ccncc2)c(C)n1-c1ccc(Cl)c(Cl)c1. The number of halogens is 2. The minimum Gasteiger partial charge on any atom is -0.318 e. The topological polar surface area (TPSA) is 59.3 Å². The molecule has 0 saturated heterocycles. The van der Waals surface area contributed by atoms with E-state index >= 15 is 0 Å². The van der Waals surface area contributed by atoms with Gasteiger partial charge in [-0.2, -0.15) is 5.10 Å². The molecule has 0 aliphatic rings. The Balaban J connectivity index is 1.81. The fourth-order valence-corrected chi connectivity index (χ4v) is 2.96. The number of rotatable bonds is 4. The number of hydrazone groups is 1. The third kappa shape index (κ3) is 3.79. The Morgan fingerprint density at radius 2 is 1.85 bits per heavy atom. The van der Waals surface area contributed by atoms with E-state index in [1.54, 1.807) is 36.8 Å². The molecule has 0 aliphatic carbocycles. The number of nitrogens with zero attached hydrogens (tertiary/aromatic N) is 3. The molecular weight excluding hydrogens is 371 g/mol. The third-order valence-corrected chi connectivity index (χ3v) is 4.68. The smallest absolute Gasteiger partial charge is 0.271 e. The van der Waals surface area contributed by atoms with Gasteiger partial charge in [0, 0.05) is 40.6 Å². The van der Waals surface area contributed by atoms with Crippen LogP contribution in [0.4, 0.5) is 0 Å². The molecule has 26 heavy (non-hydrogen) atoms. The van der Waals surface area contributed by atoms with Crippen molar-refractivity contribution in [2.24, 2.45) is 5.10 Å². The van der Waals surface area contributed by atoms with E-state index in [0.717, 1.165) is 22.6 Å². The van der Waals surface area contributed by atoms with Gasteiger partial charge in [-0.05, 0) is 50.2 Å². The van der Waals surface area contributed by atoms with Crippen LogP contribution in [-0.2, 0) is 0 Å². The number of pyridine rings is 1. The molecule has 0 saturated carbocycles. The largest absolute Gasteiger partial charge is 0.318 e. The Bertz CT molecular complexity index is 981. The molecule has 5 nitrogen and oxygen atoms in total. The van der Waals surface area contributed by atoms with Crippen LogP contribution in [0, 0.1) is 13.8 Å². The molecule has 1 amide bonds. The summed E-state index contributed by atoms with van der Waals surface area (Å²) >= 11 is 12.1. The summed E-state index contributed by atoms with van der Waals surface area (Å²) < 4.78 is 2.05. The summed E-state index contributed by atoms with van der Waals surface area (Å²) in [5, 5.41) is 5.06. The van der Waals surface area contributed by atoms with E-state index in [-0.39, 0.29) is 5.91 Å². The summed E-state index contributed by atoms with van der Waals surface area (Å²) in [6, 6.07) is 10.7. The molecular formula is C19H16Cl2N4O. The number of hydrogen-bond donors (Lipinski definition) is 1. The second-order valence-electron chi connectivity index (χ2n) is 5.70. The zero-order chi connectivity index (χ0) is 18.7. The maximum absolute atomic E-state index is 12.0. The number of aromatic nitrogens is 2. The first-order chi connectivity index (χ1) is 12.5. The van der Waals surface area contributed by atoms with E-state index in [9.17, 15) is 4.79 Å². The fraction of sp³-hybridized carbons (Fsp3) is 0.105. The van der Waals surface area contributed by atoms with Gasteiger partial charge in [-0.25, -0.2) is 5.43 Å². The molecule has 7 heteroatoms. The van der Waals surface area contributed by atoms with Crippen molar-refractivity contribution < 1.29 is 4.79 Å². The number of nitrogens with one attached hydrogen (secondary N) is 1. The number of amides is 1. The van der Waals surface area contributed by atoms with E-state index in [1.807, 2.05) is 36.6 Å². The summed E-state index contributed by atoms with van der Waals surface area (Å²) in [6.07, 6.45) is 4.74. The van der Waals surface area contributed by atoms with Crippen LogP contribution in [0.5, 0.6) is 0 Å². The number of aryl methyl sites for hydroxylation is 1. The predicted octanol–water partition coefficient (Wildman–Crippen LogP) is 4.56. The number of carbonyl (C=O) groups is 1. The molecule has 0 bridgehead atoms. The van der Waals surface area contributed by atoms with Gasteiger partial charge in [0.1, 0.15) is 0 Å². The first-order valence-corrected chi connectivity index (χ1v) is 8.61. The van der Waals surface area contributed by atoms with Crippen LogP contribution in [0.1, 0.15) is 27.3 Å². The first kappa shape index (κ1) is 18.2. The molecule has 1 N–H and O–H groups in total. The van der Waals surface area contributed by atoms with E-state index in [2.05, 4.69) is 15.5 Å². The Kier molecular flexibility index (Phi) is 5.40. The molecule has 0 spiro atoms. The Hall–Kier alpha value is -2.63. The second kappa shape index (κ2) is 7.72. The zero-order valence-electron chi connectivity index (χ0n) is 14.2. The van der Waals surface area contributed by atoms with Gasteiger partial charge >= 0.3 is 0 Å². The molecule has 132 valence electrons. The standard InChI is InChI=1S/C19H16Cl2N4O/c1-12-9-15(11-23-24-19(26)14-5-7-22-8-6-14)13(2)25(12)16-3-4-17(20)18(21)10-16/h3-11H,1-2H3,(H,24,26)/b23-11-. The third-order valence-electron chi connectivity index (χ3n) is 3.94. The summed E-state index contributed by atoms with van der Waals surface area (Å²) in [4.78, 5) is 15.9. The zero-order valence-corrected chi connectivity index (χ0v) is 15.7. The number of benzene rings is 1. The van der Waals surface area contributed by atoms with E-state index in [0.29, 0.717) is 15.6 Å². The second-order valence-corrected chi connectivity index (χ2v) is 6.51. The normalized spacial score (nSPS) is 11.1. The maximum atomic E-state index is 12.0. The molecule has 0 atom stereocenters. The van der Waals surface area contributed by atoms with Crippen LogP contribution in [0.25, 0.3) is 5.69 Å². The Morgan fingerprint density at radius 3 is 2.54 bits per heavy atom. The van der Waals surface area contributed by atoms with Gasteiger partial charge in [0.25, 0.3) is 5.91 Å². The molecule has 0 fully saturated rings. The van der Waals surface area contributed by atoms with Gasteiger partial charge in [-0.1, -0.05) is 23.2 Å². The molecule has 1 aromatic carbocycles. The minimum atomic E-state index is -0.290. The lowest BCUT2D eigenvalue weighted by Gasteiger charge is -2.10. The van der Waals surface area contributed by atoms with Gasteiger partial charge < -0.3 is 4.57 Å². The van der Waals surface area contributed by atoms with Gasteiger partial charge in [0.05, 0.1) is 16.3 Å². The summed E-state index contributed by atoms with van der Waals surface area (Å²) in [5.41, 5.74) is 6.81. The van der Waals surface area contributed by atoms with Gasteiger partial charge in [0.15, 0.2) is 0 Å². The van der Waals surface area contributed by atoms with Crippen molar-refractivity contribution in [3.8, 4) is 5.69 Å². The molecule has 0 radical (unpaired) electrons. The monoisotopic (exact) mass is 386 g/mol.